The van der Waals surface area contributed by atoms with E-state index in [1.165, 1.54) is 0 Å². The third-order valence-corrected chi connectivity index (χ3v) is 2.54. The summed E-state index contributed by atoms with van der Waals surface area (Å²) < 4.78 is 0. The third-order valence-electron chi connectivity index (χ3n) is 2.54. The molecule has 0 heterocycles. The van der Waals surface area contributed by atoms with Gasteiger partial charge in [-0.3, -0.25) is 4.79 Å². The molecule has 1 rings (SSSR count). The summed E-state index contributed by atoms with van der Waals surface area (Å²) in [5.41, 5.74) is 0. The van der Waals surface area contributed by atoms with E-state index in [2.05, 4.69) is 0 Å². The third kappa shape index (κ3) is 1.93. The minimum Gasteiger partial charge on any atom is -0.481 e. The Morgan fingerprint density at radius 2 is 2.18 bits per heavy atom. The van der Waals surface area contributed by atoms with Gasteiger partial charge < -0.3 is 10.2 Å². The first-order valence-corrected chi connectivity index (χ1v) is 4.02. The Morgan fingerprint density at radius 1 is 1.55 bits per heavy atom. The van der Waals surface area contributed by atoms with Crippen molar-refractivity contribution in [2.45, 2.75) is 32.3 Å². The SMILES string of the molecule is CC(C(=O)O)C1CCC(O)C1. The normalized spacial score (nSPS) is 33.6. The smallest absolute Gasteiger partial charge is 0.306 e. The molecule has 3 heteroatoms. The predicted molar refractivity (Wildman–Crippen MR) is 40.1 cm³/mol. The zero-order valence-electron chi connectivity index (χ0n) is 6.66. The summed E-state index contributed by atoms with van der Waals surface area (Å²) in [5.74, 6) is -0.862. The van der Waals surface area contributed by atoms with Gasteiger partial charge in [0.25, 0.3) is 0 Å². The summed E-state index contributed by atoms with van der Waals surface area (Å²) in [4.78, 5) is 10.5. The van der Waals surface area contributed by atoms with E-state index in [0.29, 0.717) is 6.42 Å². The van der Waals surface area contributed by atoms with Gasteiger partial charge in [-0.15, -0.1) is 0 Å². The van der Waals surface area contributed by atoms with Crippen LogP contribution in [0.5, 0.6) is 0 Å². The molecule has 0 bridgehead atoms. The first-order chi connectivity index (χ1) is 5.11. The van der Waals surface area contributed by atoms with E-state index < -0.39 is 5.97 Å². The van der Waals surface area contributed by atoms with E-state index in [-0.39, 0.29) is 17.9 Å². The molecule has 0 saturated heterocycles. The van der Waals surface area contributed by atoms with E-state index in [1.54, 1.807) is 6.92 Å². The molecule has 3 nitrogen and oxygen atoms in total. The molecule has 3 atom stereocenters. The lowest BCUT2D eigenvalue weighted by Crippen LogP contribution is -2.18. The molecule has 0 aromatic carbocycles. The van der Waals surface area contributed by atoms with Gasteiger partial charge in [0.15, 0.2) is 0 Å². The molecule has 11 heavy (non-hydrogen) atoms. The highest BCUT2D eigenvalue weighted by molar-refractivity contribution is 5.69. The summed E-state index contributed by atoms with van der Waals surface area (Å²) in [6, 6.07) is 0. The second kappa shape index (κ2) is 3.22. The highest BCUT2D eigenvalue weighted by Gasteiger charge is 2.30. The molecule has 1 aliphatic carbocycles. The first kappa shape index (κ1) is 8.53. The molecule has 0 amide bonds. The van der Waals surface area contributed by atoms with Gasteiger partial charge in [0.2, 0.25) is 0 Å². The van der Waals surface area contributed by atoms with Gasteiger partial charge in [0.05, 0.1) is 12.0 Å². The summed E-state index contributed by atoms with van der Waals surface area (Å²) in [6.07, 6.45) is 2.02. The molecule has 1 fully saturated rings. The molecule has 0 aliphatic heterocycles. The monoisotopic (exact) mass is 158 g/mol. The van der Waals surface area contributed by atoms with Crippen molar-refractivity contribution in [1.29, 1.82) is 0 Å². The Kier molecular flexibility index (Phi) is 2.49. The number of hydrogen-bond donors (Lipinski definition) is 2. The lowest BCUT2D eigenvalue weighted by Gasteiger charge is -2.13. The van der Waals surface area contributed by atoms with Crippen molar-refractivity contribution in [3.63, 3.8) is 0 Å². The van der Waals surface area contributed by atoms with Crippen LogP contribution in [0.1, 0.15) is 26.2 Å². The van der Waals surface area contributed by atoms with E-state index in [4.69, 9.17) is 10.2 Å². The van der Waals surface area contributed by atoms with Crippen LogP contribution in [0.2, 0.25) is 0 Å². The van der Waals surface area contributed by atoms with Crippen molar-refractivity contribution in [1.82, 2.24) is 0 Å². The summed E-state index contributed by atoms with van der Waals surface area (Å²) in [5, 5.41) is 17.8. The molecular weight excluding hydrogens is 144 g/mol. The van der Waals surface area contributed by atoms with Crippen LogP contribution < -0.4 is 0 Å². The van der Waals surface area contributed by atoms with Gasteiger partial charge in [-0.25, -0.2) is 0 Å². The van der Waals surface area contributed by atoms with Crippen molar-refractivity contribution in [2.75, 3.05) is 0 Å². The lowest BCUT2D eigenvalue weighted by molar-refractivity contribution is -0.142. The van der Waals surface area contributed by atoms with Gasteiger partial charge in [0.1, 0.15) is 0 Å². The van der Waals surface area contributed by atoms with Crippen molar-refractivity contribution in [3.05, 3.63) is 0 Å². The van der Waals surface area contributed by atoms with Crippen LogP contribution in [-0.2, 0) is 4.79 Å². The Bertz CT molecular complexity index is 155. The number of aliphatic hydroxyl groups is 1. The summed E-state index contributed by atoms with van der Waals surface area (Å²) >= 11 is 0. The van der Waals surface area contributed by atoms with Crippen LogP contribution in [0.15, 0.2) is 0 Å². The minimum atomic E-state index is -0.746. The number of carboxylic acid groups (broad SMARTS) is 1. The number of aliphatic hydroxyl groups excluding tert-OH is 1. The number of aliphatic carboxylic acids is 1. The van der Waals surface area contributed by atoms with Gasteiger partial charge in [-0.1, -0.05) is 6.92 Å². The van der Waals surface area contributed by atoms with Crippen molar-refractivity contribution in [3.8, 4) is 0 Å². The van der Waals surface area contributed by atoms with Gasteiger partial charge in [-0.05, 0) is 25.2 Å². The standard InChI is InChI=1S/C8H14O3/c1-5(8(10)11)6-2-3-7(9)4-6/h5-7,9H,2-4H2,1H3,(H,10,11). The number of hydrogen-bond acceptors (Lipinski definition) is 2. The molecule has 0 aromatic heterocycles. The molecule has 1 aliphatic rings. The zero-order valence-corrected chi connectivity index (χ0v) is 6.66. The average Bonchev–Trinajstić information content (AvgIpc) is 2.34. The maximum atomic E-state index is 10.5. The Labute approximate surface area is 66.0 Å². The van der Waals surface area contributed by atoms with E-state index in [1.807, 2.05) is 0 Å². The topological polar surface area (TPSA) is 57.5 Å². The van der Waals surface area contributed by atoms with Gasteiger partial charge in [-0.2, -0.15) is 0 Å². The molecule has 64 valence electrons. The van der Waals surface area contributed by atoms with Crippen LogP contribution in [0.25, 0.3) is 0 Å². The number of rotatable bonds is 2. The molecule has 0 radical (unpaired) electrons. The average molecular weight is 158 g/mol. The zero-order chi connectivity index (χ0) is 8.43. The second-order valence-corrected chi connectivity index (χ2v) is 3.35. The number of carboxylic acids is 1. The fourth-order valence-electron chi connectivity index (χ4n) is 1.65. The van der Waals surface area contributed by atoms with Gasteiger partial charge in [0, 0.05) is 0 Å². The quantitative estimate of drug-likeness (QED) is 0.627. The van der Waals surface area contributed by atoms with Crippen LogP contribution in [0.3, 0.4) is 0 Å². The molecule has 2 N–H and O–H groups in total. The highest BCUT2D eigenvalue weighted by atomic mass is 16.4. The largest absolute Gasteiger partial charge is 0.481 e. The van der Waals surface area contributed by atoms with E-state index in [9.17, 15) is 4.79 Å². The highest BCUT2D eigenvalue weighted by Crippen LogP contribution is 2.31. The van der Waals surface area contributed by atoms with E-state index in [0.717, 1.165) is 12.8 Å². The Balaban J connectivity index is 2.43. The molecular formula is C8H14O3. The maximum absolute atomic E-state index is 10.5. The van der Waals surface area contributed by atoms with Crippen LogP contribution in [0, 0.1) is 11.8 Å². The van der Waals surface area contributed by atoms with Gasteiger partial charge >= 0.3 is 5.97 Å². The summed E-state index contributed by atoms with van der Waals surface area (Å²) in [7, 11) is 0. The number of carbonyl (C=O) groups is 1. The van der Waals surface area contributed by atoms with Crippen LogP contribution >= 0.6 is 0 Å². The van der Waals surface area contributed by atoms with Crippen molar-refractivity contribution >= 4 is 5.97 Å². The predicted octanol–water partition coefficient (Wildman–Crippen LogP) is 0.868. The molecule has 0 spiro atoms. The lowest BCUT2D eigenvalue weighted by atomic mass is 9.93. The van der Waals surface area contributed by atoms with Crippen LogP contribution in [-0.4, -0.2) is 22.3 Å². The van der Waals surface area contributed by atoms with Crippen molar-refractivity contribution in [2.24, 2.45) is 11.8 Å². The van der Waals surface area contributed by atoms with Crippen LogP contribution in [0.4, 0.5) is 0 Å². The molecule has 0 aromatic rings. The summed E-state index contributed by atoms with van der Waals surface area (Å²) in [6.45, 7) is 1.71. The van der Waals surface area contributed by atoms with Crippen molar-refractivity contribution < 1.29 is 15.0 Å². The Morgan fingerprint density at radius 3 is 2.55 bits per heavy atom. The Hall–Kier alpha value is -0.570. The molecule has 1 saturated carbocycles. The van der Waals surface area contributed by atoms with E-state index >= 15 is 0 Å². The fourth-order valence-corrected chi connectivity index (χ4v) is 1.65. The molecule has 3 unspecified atom stereocenters. The minimum absolute atomic E-state index is 0.183. The maximum Gasteiger partial charge on any atom is 0.306 e. The first-order valence-electron chi connectivity index (χ1n) is 4.02. The fraction of sp³-hybridized carbons (Fsp3) is 0.875. The second-order valence-electron chi connectivity index (χ2n) is 3.35.